The molecule has 6 heteroatoms. The zero-order valence-electron chi connectivity index (χ0n) is 19.1. The van der Waals surface area contributed by atoms with Crippen molar-refractivity contribution in [3.63, 3.8) is 0 Å². The van der Waals surface area contributed by atoms with E-state index in [1.165, 1.54) is 16.0 Å². The van der Waals surface area contributed by atoms with Gasteiger partial charge in [0.2, 0.25) is 0 Å². The number of nitrogens with zero attached hydrogens (tertiary/aromatic N) is 2. The SMILES string of the molecule is CCc1ccc(-c2ccc(-c3nc(CC)c(CC)c(Nc4ccc(C(=O)O)cc4)n3)s2)cc1. The fourth-order valence-electron chi connectivity index (χ4n) is 3.76. The Balaban J connectivity index is 1.69. The van der Waals surface area contributed by atoms with Gasteiger partial charge in [0.1, 0.15) is 5.82 Å². The number of aromatic nitrogens is 2. The summed E-state index contributed by atoms with van der Waals surface area (Å²) in [5.41, 5.74) is 5.68. The Bertz CT molecular complexity index is 1260. The number of rotatable bonds is 8. The van der Waals surface area contributed by atoms with Gasteiger partial charge < -0.3 is 10.4 Å². The zero-order valence-corrected chi connectivity index (χ0v) is 19.9. The largest absolute Gasteiger partial charge is 0.478 e. The Morgan fingerprint density at radius 2 is 1.55 bits per heavy atom. The van der Waals surface area contributed by atoms with Crippen LogP contribution in [0.15, 0.2) is 60.7 Å². The molecule has 0 saturated heterocycles. The molecule has 0 saturated carbocycles. The van der Waals surface area contributed by atoms with Gasteiger partial charge in [-0.1, -0.05) is 45.0 Å². The lowest BCUT2D eigenvalue weighted by molar-refractivity contribution is 0.0697. The van der Waals surface area contributed by atoms with Crippen molar-refractivity contribution in [3.8, 4) is 21.1 Å². The second-order valence-electron chi connectivity index (χ2n) is 7.75. The number of hydrogen-bond acceptors (Lipinski definition) is 5. The summed E-state index contributed by atoms with van der Waals surface area (Å²) in [7, 11) is 0. The Kier molecular flexibility index (Phi) is 6.84. The molecule has 33 heavy (non-hydrogen) atoms. The van der Waals surface area contributed by atoms with E-state index in [0.717, 1.165) is 46.9 Å². The second kappa shape index (κ2) is 9.96. The summed E-state index contributed by atoms with van der Waals surface area (Å²) in [4.78, 5) is 23.1. The van der Waals surface area contributed by atoms with Gasteiger partial charge >= 0.3 is 5.97 Å². The molecule has 0 aliphatic rings. The van der Waals surface area contributed by atoms with Crippen LogP contribution < -0.4 is 5.32 Å². The first-order valence-corrected chi connectivity index (χ1v) is 12.0. The highest BCUT2D eigenvalue weighted by molar-refractivity contribution is 7.18. The van der Waals surface area contributed by atoms with Crippen LogP contribution in [-0.2, 0) is 19.3 Å². The highest BCUT2D eigenvalue weighted by atomic mass is 32.1. The molecule has 2 aromatic heterocycles. The number of anilines is 2. The normalized spacial score (nSPS) is 10.9. The quantitative estimate of drug-likeness (QED) is 0.298. The molecule has 5 nitrogen and oxygen atoms in total. The van der Waals surface area contributed by atoms with Crippen LogP contribution >= 0.6 is 11.3 Å². The molecule has 0 aliphatic carbocycles. The summed E-state index contributed by atoms with van der Waals surface area (Å²) in [5.74, 6) is 0.533. The first-order valence-electron chi connectivity index (χ1n) is 11.2. The average Bonchev–Trinajstić information content (AvgIpc) is 3.34. The molecule has 0 unspecified atom stereocenters. The van der Waals surface area contributed by atoms with Gasteiger partial charge in [-0.05, 0) is 66.8 Å². The maximum absolute atomic E-state index is 11.2. The lowest BCUT2D eigenvalue weighted by atomic mass is 10.1. The minimum absolute atomic E-state index is 0.256. The molecule has 168 valence electrons. The van der Waals surface area contributed by atoms with Crippen LogP contribution in [0.2, 0.25) is 0 Å². The molecular formula is C27H27N3O2S. The number of aryl methyl sites for hydroxylation is 2. The molecule has 0 fully saturated rings. The highest BCUT2D eigenvalue weighted by Crippen LogP contribution is 2.35. The number of hydrogen-bond donors (Lipinski definition) is 2. The van der Waals surface area contributed by atoms with Crippen molar-refractivity contribution in [2.45, 2.75) is 40.0 Å². The number of benzene rings is 2. The summed E-state index contributed by atoms with van der Waals surface area (Å²) in [5, 5.41) is 12.5. The summed E-state index contributed by atoms with van der Waals surface area (Å²) >= 11 is 1.69. The smallest absolute Gasteiger partial charge is 0.335 e. The minimum Gasteiger partial charge on any atom is -0.478 e. The molecule has 0 aliphatic heterocycles. The van der Waals surface area contributed by atoms with Crippen LogP contribution in [0, 0.1) is 0 Å². The highest BCUT2D eigenvalue weighted by Gasteiger charge is 2.16. The molecule has 2 heterocycles. The number of thiophene rings is 1. The van der Waals surface area contributed by atoms with E-state index in [9.17, 15) is 4.79 Å². The van der Waals surface area contributed by atoms with Crippen molar-refractivity contribution < 1.29 is 9.90 Å². The van der Waals surface area contributed by atoms with Crippen molar-refractivity contribution in [3.05, 3.63) is 83.0 Å². The van der Waals surface area contributed by atoms with Gasteiger partial charge in [0, 0.05) is 21.8 Å². The molecule has 2 aromatic carbocycles. The Morgan fingerprint density at radius 3 is 2.15 bits per heavy atom. The first-order chi connectivity index (χ1) is 16.0. The van der Waals surface area contributed by atoms with E-state index in [-0.39, 0.29) is 5.56 Å². The van der Waals surface area contributed by atoms with E-state index in [2.05, 4.69) is 62.5 Å². The molecule has 4 aromatic rings. The third-order valence-corrected chi connectivity index (χ3v) is 6.78. The van der Waals surface area contributed by atoms with Crippen LogP contribution in [-0.4, -0.2) is 21.0 Å². The molecule has 0 bridgehead atoms. The van der Waals surface area contributed by atoms with Gasteiger partial charge in [-0.15, -0.1) is 11.3 Å². The van der Waals surface area contributed by atoms with Crippen LogP contribution in [0.4, 0.5) is 11.5 Å². The standard InChI is InChI=1S/C27H27N3O2S/c1-4-17-7-9-18(10-8-17)23-15-16-24(33-23)26-29-22(6-3)21(5-2)25(30-26)28-20-13-11-19(12-14-20)27(31)32/h7-16H,4-6H2,1-3H3,(H,31,32)(H,28,29,30). The van der Waals surface area contributed by atoms with Crippen molar-refractivity contribution in [1.29, 1.82) is 0 Å². The van der Waals surface area contributed by atoms with Gasteiger partial charge in [-0.3, -0.25) is 0 Å². The van der Waals surface area contributed by atoms with Gasteiger partial charge in [-0.2, -0.15) is 0 Å². The van der Waals surface area contributed by atoms with E-state index >= 15 is 0 Å². The maximum atomic E-state index is 11.2. The molecule has 0 radical (unpaired) electrons. The van der Waals surface area contributed by atoms with Crippen molar-refractivity contribution >= 4 is 28.8 Å². The number of carboxylic acid groups (broad SMARTS) is 1. The Morgan fingerprint density at radius 1 is 0.848 bits per heavy atom. The summed E-state index contributed by atoms with van der Waals surface area (Å²) < 4.78 is 0. The molecule has 0 atom stereocenters. The van der Waals surface area contributed by atoms with Gasteiger partial charge in [0.25, 0.3) is 0 Å². The maximum Gasteiger partial charge on any atom is 0.335 e. The molecule has 2 N–H and O–H groups in total. The second-order valence-corrected chi connectivity index (χ2v) is 8.83. The van der Waals surface area contributed by atoms with Crippen molar-refractivity contribution in [2.75, 3.05) is 5.32 Å². The van der Waals surface area contributed by atoms with E-state index in [1.54, 1.807) is 35.6 Å². The third kappa shape index (κ3) is 4.96. The van der Waals surface area contributed by atoms with E-state index in [1.807, 2.05) is 0 Å². The topological polar surface area (TPSA) is 75.1 Å². The van der Waals surface area contributed by atoms with Crippen LogP contribution in [0.3, 0.4) is 0 Å². The summed E-state index contributed by atoms with van der Waals surface area (Å²) in [6.07, 6.45) is 2.64. The number of nitrogens with one attached hydrogen (secondary N) is 1. The predicted octanol–water partition coefficient (Wildman–Crippen LogP) is 7.00. The van der Waals surface area contributed by atoms with Crippen LogP contribution in [0.5, 0.6) is 0 Å². The number of carbonyl (C=O) groups is 1. The van der Waals surface area contributed by atoms with Gasteiger partial charge in [0.05, 0.1) is 10.4 Å². The minimum atomic E-state index is -0.939. The zero-order chi connectivity index (χ0) is 23.4. The number of aromatic carboxylic acids is 1. The monoisotopic (exact) mass is 457 g/mol. The summed E-state index contributed by atoms with van der Waals surface area (Å²) in [6.45, 7) is 6.36. The van der Waals surface area contributed by atoms with Gasteiger partial charge in [0.15, 0.2) is 5.82 Å². The van der Waals surface area contributed by atoms with Crippen molar-refractivity contribution in [1.82, 2.24) is 9.97 Å². The molecule has 0 spiro atoms. The molecule has 0 amide bonds. The lowest BCUT2D eigenvalue weighted by Gasteiger charge is -2.15. The van der Waals surface area contributed by atoms with Crippen molar-refractivity contribution in [2.24, 2.45) is 0 Å². The first kappa shape index (κ1) is 22.7. The van der Waals surface area contributed by atoms with Crippen LogP contribution in [0.25, 0.3) is 21.1 Å². The Labute approximate surface area is 198 Å². The lowest BCUT2D eigenvalue weighted by Crippen LogP contribution is -2.07. The predicted molar refractivity (Wildman–Crippen MR) is 136 cm³/mol. The third-order valence-electron chi connectivity index (χ3n) is 5.65. The van der Waals surface area contributed by atoms with E-state index in [0.29, 0.717) is 5.82 Å². The summed E-state index contributed by atoms with van der Waals surface area (Å²) in [6, 6.07) is 19.6. The average molecular weight is 458 g/mol. The van der Waals surface area contributed by atoms with E-state index in [4.69, 9.17) is 15.1 Å². The van der Waals surface area contributed by atoms with Crippen LogP contribution in [0.1, 0.15) is 48.0 Å². The fourth-order valence-corrected chi connectivity index (χ4v) is 4.70. The number of carboxylic acids is 1. The Hall–Kier alpha value is -3.51. The fraction of sp³-hybridized carbons (Fsp3) is 0.222. The molecular weight excluding hydrogens is 430 g/mol. The molecule has 4 rings (SSSR count). The van der Waals surface area contributed by atoms with E-state index < -0.39 is 5.97 Å². The van der Waals surface area contributed by atoms with Gasteiger partial charge in [-0.25, -0.2) is 14.8 Å².